The molecule has 1 saturated heterocycles. The van der Waals surface area contributed by atoms with Gasteiger partial charge in [-0.3, -0.25) is 14.6 Å². The quantitative estimate of drug-likeness (QED) is 0.482. The molecule has 1 atom stereocenters. The molecule has 3 rings (SSSR count). The van der Waals surface area contributed by atoms with Gasteiger partial charge in [-0.1, -0.05) is 24.6 Å². The lowest BCUT2D eigenvalue weighted by atomic mass is 9.98. The van der Waals surface area contributed by atoms with Gasteiger partial charge in [-0.05, 0) is 36.8 Å². The zero-order chi connectivity index (χ0) is 19.6. The number of aliphatic hydroxyl groups is 1. The lowest BCUT2D eigenvalue weighted by Gasteiger charge is -2.23. The Labute approximate surface area is 162 Å². The lowest BCUT2D eigenvalue weighted by Crippen LogP contribution is -2.30. The van der Waals surface area contributed by atoms with E-state index in [1.165, 1.54) is 18.1 Å². The van der Waals surface area contributed by atoms with Crippen LogP contribution >= 0.6 is 11.6 Å². The SMILES string of the molecule is CCCN1C(=O)C(=O)/C(=C(\O)c2ccc(Cl)c(OC)c2)C1c1ccccn1. The molecular formula is C20H19ClN2O4. The normalized spacial score (nSPS) is 18.8. The van der Waals surface area contributed by atoms with Crippen molar-refractivity contribution in [3.05, 3.63) is 64.4 Å². The Morgan fingerprint density at radius 1 is 1.30 bits per heavy atom. The fraction of sp³-hybridized carbons (Fsp3) is 0.250. The maximum Gasteiger partial charge on any atom is 0.295 e. The monoisotopic (exact) mass is 386 g/mol. The Morgan fingerprint density at radius 3 is 2.70 bits per heavy atom. The van der Waals surface area contributed by atoms with E-state index in [9.17, 15) is 14.7 Å². The highest BCUT2D eigenvalue weighted by atomic mass is 35.5. The molecule has 0 spiro atoms. The van der Waals surface area contributed by atoms with Gasteiger partial charge < -0.3 is 14.7 Å². The molecule has 0 aliphatic carbocycles. The van der Waals surface area contributed by atoms with Crippen LogP contribution in [0.1, 0.15) is 30.6 Å². The van der Waals surface area contributed by atoms with Crippen LogP contribution < -0.4 is 4.74 Å². The molecular weight excluding hydrogens is 368 g/mol. The maximum atomic E-state index is 12.7. The zero-order valence-corrected chi connectivity index (χ0v) is 15.7. The smallest absolute Gasteiger partial charge is 0.295 e. The predicted molar refractivity (Wildman–Crippen MR) is 102 cm³/mol. The van der Waals surface area contributed by atoms with Crippen molar-refractivity contribution in [3.63, 3.8) is 0 Å². The standard InChI is InChI=1S/C20H19ClN2O4/c1-3-10-23-17(14-6-4-5-9-22-14)16(19(25)20(23)26)18(24)12-7-8-13(21)15(11-12)27-2/h4-9,11,17,24H,3,10H2,1-2H3/b18-16-. The number of halogens is 1. The van der Waals surface area contributed by atoms with E-state index >= 15 is 0 Å². The molecule has 2 heterocycles. The molecule has 1 aromatic heterocycles. The van der Waals surface area contributed by atoms with Crippen molar-refractivity contribution in [3.8, 4) is 5.75 Å². The number of Topliss-reactive ketones (excluding diaryl/α,β-unsaturated/α-hetero) is 1. The molecule has 0 radical (unpaired) electrons. The average Bonchev–Trinajstić information content (AvgIpc) is 2.94. The lowest BCUT2D eigenvalue weighted by molar-refractivity contribution is -0.139. The van der Waals surface area contributed by atoms with Crippen molar-refractivity contribution in [1.29, 1.82) is 0 Å². The van der Waals surface area contributed by atoms with Crippen molar-refractivity contribution in [2.75, 3.05) is 13.7 Å². The van der Waals surface area contributed by atoms with E-state index in [1.807, 2.05) is 6.92 Å². The second kappa shape index (κ2) is 7.80. The molecule has 1 aliphatic heterocycles. The Hall–Kier alpha value is -2.86. The zero-order valence-electron chi connectivity index (χ0n) is 15.0. The topological polar surface area (TPSA) is 79.7 Å². The molecule has 27 heavy (non-hydrogen) atoms. The number of nitrogens with zero attached hydrogens (tertiary/aromatic N) is 2. The van der Waals surface area contributed by atoms with E-state index < -0.39 is 17.7 Å². The molecule has 1 fully saturated rings. The Morgan fingerprint density at radius 2 is 2.07 bits per heavy atom. The fourth-order valence-corrected chi connectivity index (χ4v) is 3.35. The number of methoxy groups -OCH3 is 1. The minimum absolute atomic E-state index is 0.0107. The van der Waals surface area contributed by atoms with E-state index in [4.69, 9.17) is 16.3 Å². The van der Waals surface area contributed by atoms with Gasteiger partial charge in [0.05, 0.1) is 23.4 Å². The van der Waals surface area contributed by atoms with Gasteiger partial charge in [0.25, 0.3) is 11.7 Å². The van der Waals surface area contributed by atoms with Gasteiger partial charge >= 0.3 is 0 Å². The number of carbonyl (C=O) groups is 2. The number of hydrogen-bond donors (Lipinski definition) is 1. The molecule has 1 unspecified atom stereocenters. The first kappa shape index (κ1) is 18.9. The van der Waals surface area contributed by atoms with Crippen molar-refractivity contribution in [2.45, 2.75) is 19.4 Å². The van der Waals surface area contributed by atoms with Crippen LogP contribution in [-0.4, -0.2) is 40.3 Å². The van der Waals surface area contributed by atoms with Gasteiger partial charge in [-0.2, -0.15) is 0 Å². The highest BCUT2D eigenvalue weighted by molar-refractivity contribution is 6.46. The number of likely N-dealkylation sites (tertiary alicyclic amines) is 1. The Bertz CT molecular complexity index is 911. The number of aliphatic hydroxyl groups excluding tert-OH is 1. The Kier molecular flexibility index (Phi) is 5.46. The highest BCUT2D eigenvalue weighted by Crippen LogP contribution is 2.39. The summed E-state index contributed by atoms with van der Waals surface area (Å²) in [5, 5.41) is 11.3. The van der Waals surface area contributed by atoms with Crippen LogP contribution in [0.25, 0.3) is 5.76 Å². The first-order chi connectivity index (χ1) is 13.0. The molecule has 7 heteroatoms. The van der Waals surface area contributed by atoms with Crippen molar-refractivity contribution in [2.24, 2.45) is 0 Å². The summed E-state index contributed by atoms with van der Waals surface area (Å²) in [5.74, 6) is -1.30. The van der Waals surface area contributed by atoms with Gasteiger partial charge in [0, 0.05) is 18.3 Å². The van der Waals surface area contributed by atoms with Crippen LogP contribution in [0.2, 0.25) is 5.02 Å². The number of rotatable bonds is 5. The number of aromatic nitrogens is 1. The second-order valence-corrected chi connectivity index (χ2v) is 6.50. The van der Waals surface area contributed by atoms with Crippen LogP contribution in [-0.2, 0) is 9.59 Å². The van der Waals surface area contributed by atoms with Crippen LogP contribution in [0.15, 0.2) is 48.2 Å². The third-order valence-corrected chi connectivity index (χ3v) is 4.71. The molecule has 1 aliphatic rings. The van der Waals surface area contributed by atoms with E-state index in [2.05, 4.69) is 4.98 Å². The first-order valence-electron chi connectivity index (χ1n) is 8.52. The number of amides is 1. The molecule has 1 aromatic carbocycles. The van der Waals surface area contributed by atoms with Crippen LogP contribution in [0.5, 0.6) is 5.75 Å². The maximum absolute atomic E-state index is 12.7. The van der Waals surface area contributed by atoms with Gasteiger partial charge in [0.2, 0.25) is 0 Å². The summed E-state index contributed by atoms with van der Waals surface area (Å²) in [4.78, 5) is 31.0. The summed E-state index contributed by atoms with van der Waals surface area (Å²) in [6.07, 6.45) is 2.26. The minimum atomic E-state index is -0.743. The number of hydrogen-bond acceptors (Lipinski definition) is 5. The van der Waals surface area contributed by atoms with Gasteiger partial charge in [-0.25, -0.2) is 0 Å². The number of ketones is 1. The van der Waals surface area contributed by atoms with Crippen LogP contribution in [0.4, 0.5) is 0 Å². The van der Waals surface area contributed by atoms with Crippen molar-refractivity contribution in [1.82, 2.24) is 9.88 Å². The average molecular weight is 387 g/mol. The number of pyridine rings is 1. The van der Waals surface area contributed by atoms with Gasteiger partial charge in [-0.15, -0.1) is 0 Å². The summed E-state index contributed by atoms with van der Waals surface area (Å²) in [7, 11) is 1.46. The molecule has 6 nitrogen and oxygen atoms in total. The summed E-state index contributed by atoms with van der Waals surface area (Å²) in [6.45, 7) is 2.30. The summed E-state index contributed by atoms with van der Waals surface area (Å²) < 4.78 is 5.18. The van der Waals surface area contributed by atoms with Crippen LogP contribution in [0, 0.1) is 0 Å². The number of carbonyl (C=O) groups excluding carboxylic acids is 2. The third kappa shape index (κ3) is 3.40. The molecule has 1 N–H and O–H groups in total. The van der Waals surface area contributed by atoms with E-state index in [0.29, 0.717) is 35.0 Å². The second-order valence-electron chi connectivity index (χ2n) is 6.10. The van der Waals surface area contributed by atoms with Crippen molar-refractivity contribution < 1.29 is 19.4 Å². The molecule has 1 amide bonds. The minimum Gasteiger partial charge on any atom is -0.507 e. The van der Waals surface area contributed by atoms with Gasteiger partial charge in [0.15, 0.2) is 0 Å². The summed E-state index contributed by atoms with van der Waals surface area (Å²) in [5.41, 5.74) is 0.871. The van der Waals surface area contributed by atoms with Crippen molar-refractivity contribution >= 4 is 29.1 Å². The number of benzene rings is 1. The largest absolute Gasteiger partial charge is 0.507 e. The third-order valence-electron chi connectivity index (χ3n) is 4.40. The van der Waals surface area contributed by atoms with E-state index in [-0.39, 0.29) is 11.3 Å². The summed E-state index contributed by atoms with van der Waals surface area (Å²) in [6, 6.07) is 9.18. The van der Waals surface area contributed by atoms with E-state index in [1.54, 1.807) is 36.5 Å². The molecule has 2 aromatic rings. The predicted octanol–water partition coefficient (Wildman–Crippen LogP) is 3.58. The molecule has 140 valence electrons. The fourth-order valence-electron chi connectivity index (χ4n) is 3.16. The molecule has 0 bridgehead atoms. The van der Waals surface area contributed by atoms with E-state index in [0.717, 1.165) is 0 Å². The van der Waals surface area contributed by atoms with Crippen LogP contribution in [0.3, 0.4) is 0 Å². The Balaban J connectivity index is 2.19. The highest BCUT2D eigenvalue weighted by Gasteiger charge is 2.46. The summed E-state index contributed by atoms with van der Waals surface area (Å²) >= 11 is 6.04. The first-order valence-corrected chi connectivity index (χ1v) is 8.90. The van der Waals surface area contributed by atoms with Gasteiger partial charge in [0.1, 0.15) is 17.6 Å². The number of ether oxygens (including phenoxy) is 1. The molecule has 0 saturated carbocycles.